The third kappa shape index (κ3) is 3.47. The zero-order valence-corrected chi connectivity index (χ0v) is 10.8. The van der Waals surface area contributed by atoms with Gasteiger partial charge >= 0.3 is 0 Å². The molecule has 0 amide bonds. The highest BCUT2D eigenvalue weighted by Crippen LogP contribution is 2.25. The summed E-state index contributed by atoms with van der Waals surface area (Å²) in [6.07, 6.45) is 7.57. The first-order valence-corrected chi connectivity index (χ1v) is 6.22. The summed E-state index contributed by atoms with van der Waals surface area (Å²) < 4.78 is 1.78. The number of hydrogen-bond acceptors (Lipinski definition) is 3. The molecule has 1 unspecified atom stereocenters. The quantitative estimate of drug-likeness (QED) is 0.440. The summed E-state index contributed by atoms with van der Waals surface area (Å²) in [5, 5.41) is 4.80. The van der Waals surface area contributed by atoms with Crippen LogP contribution in [0.2, 0.25) is 5.02 Å². The second-order valence-electron chi connectivity index (χ2n) is 4.07. The van der Waals surface area contributed by atoms with Gasteiger partial charge in [0.1, 0.15) is 0 Å². The molecule has 0 aliphatic heterocycles. The molecule has 0 spiro atoms. The molecule has 4 nitrogen and oxygen atoms in total. The molecule has 1 heterocycles. The molecule has 1 aromatic rings. The van der Waals surface area contributed by atoms with Gasteiger partial charge in [0.25, 0.3) is 0 Å². The van der Waals surface area contributed by atoms with Crippen LogP contribution in [-0.4, -0.2) is 9.78 Å². The molecule has 0 radical (unpaired) electrons. The standard InChI is InChI=1S/C11H21ClN4/c1-3-4-5-6-7-10(15-13)11-9(12)8-14-16(11)2/h8,10,15H,3-7,13H2,1-2H3. The number of aromatic nitrogens is 2. The SMILES string of the molecule is CCCCCCC(NN)c1c(Cl)cnn1C. The number of nitrogens with zero attached hydrogens (tertiary/aromatic N) is 2. The zero-order valence-electron chi connectivity index (χ0n) is 10.0. The summed E-state index contributed by atoms with van der Waals surface area (Å²) in [5.74, 6) is 5.57. The number of unbranched alkanes of at least 4 members (excludes halogenated alkanes) is 3. The molecular formula is C11H21ClN4. The van der Waals surface area contributed by atoms with E-state index in [9.17, 15) is 0 Å². The minimum Gasteiger partial charge on any atom is -0.271 e. The number of hydrogen-bond donors (Lipinski definition) is 2. The average molecular weight is 245 g/mol. The summed E-state index contributed by atoms with van der Waals surface area (Å²) in [6.45, 7) is 2.21. The highest BCUT2D eigenvalue weighted by atomic mass is 35.5. The lowest BCUT2D eigenvalue weighted by Gasteiger charge is -2.16. The molecule has 16 heavy (non-hydrogen) atoms. The fraction of sp³-hybridized carbons (Fsp3) is 0.727. The summed E-state index contributed by atoms with van der Waals surface area (Å²) >= 11 is 6.08. The lowest BCUT2D eigenvalue weighted by molar-refractivity contribution is 0.455. The number of halogens is 1. The van der Waals surface area contributed by atoms with Crippen molar-refractivity contribution in [2.24, 2.45) is 12.9 Å². The second kappa shape index (κ2) is 6.89. The van der Waals surface area contributed by atoms with E-state index in [-0.39, 0.29) is 6.04 Å². The molecule has 1 atom stereocenters. The van der Waals surface area contributed by atoms with Gasteiger partial charge in [-0.15, -0.1) is 0 Å². The van der Waals surface area contributed by atoms with Gasteiger partial charge in [-0.1, -0.05) is 44.2 Å². The topological polar surface area (TPSA) is 55.9 Å². The van der Waals surface area contributed by atoms with E-state index in [4.69, 9.17) is 17.4 Å². The van der Waals surface area contributed by atoms with Gasteiger partial charge in [0.2, 0.25) is 0 Å². The molecule has 5 heteroatoms. The van der Waals surface area contributed by atoms with Gasteiger partial charge in [-0.25, -0.2) is 0 Å². The third-order valence-electron chi connectivity index (χ3n) is 2.82. The molecule has 1 aromatic heterocycles. The molecule has 0 aromatic carbocycles. The smallest absolute Gasteiger partial charge is 0.0834 e. The van der Waals surface area contributed by atoms with E-state index in [1.54, 1.807) is 10.9 Å². The van der Waals surface area contributed by atoms with Gasteiger partial charge in [0, 0.05) is 7.05 Å². The summed E-state index contributed by atoms with van der Waals surface area (Å²) in [6, 6.07) is 0.0943. The van der Waals surface area contributed by atoms with Crippen molar-refractivity contribution in [1.29, 1.82) is 0 Å². The van der Waals surface area contributed by atoms with Crippen molar-refractivity contribution < 1.29 is 0 Å². The Balaban J connectivity index is 2.54. The maximum absolute atomic E-state index is 6.08. The minimum atomic E-state index is 0.0943. The van der Waals surface area contributed by atoms with Crippen LogP contribution in [0.25, 0.3) is 0 Å². The monoisotopic (exact) mass is 244 g/mol. The van der Waals surface area contributed by atoms with Gasteiger partial charge in [0.05, 0.1) is 23.0 Å². The summed E-state index contributed by atoms with van der Waals surface area (Å²) in [5.41, 5.74) is 3.79. The predicted octanol–water partition coefficient (Wildman–Crippen LogP) is 2.55. The molecule has 0 fully saturated rings. The Morgan fingerprint density at radius 1 is 1.50 bits per heavy atom. The number of aryl methyl sites for hydroxylation is 1. The lowest BCUT2D eigenvalue weighted by Crippen LogP contribution is -2.29. The Labute approximate surface area is 102 Å². The highest BCUT2D eigenvalue weighted by Gasteiger charge is 2.17. The summed E-state index contributed by atoms with van der Waals surface area (Å²) in [7, 11) is 1.89. The predicted molar refractivity (Wildman–Crippen MR) is 67.0 cm³/mol. The van der Waals surface area contributed by atoms with Gasteiger partial charge in [-0.2, -0.15) is 5.10 Å². The van der Waals surface area contributed by atoms with Gasteiger partial charge < -0.3 is 0 Å². The molecular weight excluding hydrogens is 224 g/mol. The number of nitrogens with two attached hydrogens (primary N) is 1. The van der Waals surface area contributed by atoms with Crippen LogP contribution >= 0.6 is 11.6 Å². The largest absolute Gasteiger partial charge is 0.271 e. The first-order valence-electron chi connectivity index (χ1n) is 5.84. The van der Waals surface area contributed by atoms with Crippen molar-refractivity contribution in [3.05, 3.63) is 16.9 Å². The van der Waals surface area contributed by atoms with Crippen molar-refractivity contribution in [2.75, 3.05) is 0 Å². The Morgan fingerprint density at radius 2 is 2.25 bits per heavy atom. The molecule has 1 rings (SSSR count). The maximum atomic E-state index is 6.08. The summed E-state index contributed by atoms with van der Waals surface area (Å²) in [4.78, 5) is 0. The van der Waals surface area contributed by atoms with E-state index in [1.807, 2.05) is 7.05 Å². The Morgan fingerprint density at radius 3 is 2.75 bits per heavy atom. The normalized spacial score (nSPS) is 13.0. The van der Waals surface area contributed by atoms with Crippen molar-refractivity contribution >= 4 is 11.6 Å². The van der Waals surface area contributed by atoms with Crippen molar-refractivity contribution in [2.45, 2.75) is 45.1 Å². The molecule has 0 saturated carbocycles. The fourth-order valence-electron chi connectivity index (χ4n) is 1.89. The molecule has 3 N–H and O–H groups in total. The van der Waals surface area contributed by atoms with Crippen LogP contribution in [0.15, 0.2) is 6.20 Å². The van der Waals surface area contributed by atoms with Gasteiger partial charge in [-0.05, 0) is 6.42 Å². The zero-order chi connectivity index (χ0) is 12.0. The molecule has 92 valence electrons. The van der Waals surface area contributed by atoms with E-state index in [0.29, 0.717) is 5.02 Å². The fourth-order valence-corrected chi connectivity index (χ4v) is 2.18. The Bertz CT molecular complexity index is 291. The van der Waals surface area contributed by atoms with E-state index in [2.05, 4.69) is 17.4 Å². The number of nitrogens with one attached hydrogen (secondary N) is 1. The van der Waals surface area contributed by atoms with Crippen LogP contribution in [0.3, 0.4) is 0 Å². The van der Waals surface area contributed by atoms with Crippen LogP contribution in [-0.2, 0) is 7.05 Å². The van der Waals surface area contributed by atoms with E-state index in [1.165, 1.54) is 19.3 Å². The van der Waals surface area contributed by atoms with Crippen LogP contribution in [0, 0.1) is 0 Å². The van der Waals surface area contributed by atoms with Crippen LogP contribution in [0.5, 0.6) is 0 Å². The maximum Gasteiger partial charge on any atom is 0.0834 e. The van der Waals surface area contributed by atoms with Crippen LogP contribution in [0.4, 0.5) is 0 Å². The first kappa shape index (κ1) is 13.5. The van der Waals surface area contributed by atoms with E-state index in [0.717, 1.165) is 18.5 Å². The third-order valence-corrected chi connectivity index (χ3v) is 3.11. The first-order chi connectivity index (χ1) is 7.70. The highest BCUT2D eigenvalue weighted by molar-refractivity contribution is 6.31. The average Bonchev–Trinajstić information content (AvgIpc) is 2.60. The lowest BCUT2D eigenvalue weighted by atomic mass is 10.1. The Hall–Kier alpha value is -0.580. The van der Waals surface area contributed by atoms with Crippen LogP contribution in [0.1, 0.15) is 50.8 Å². The van der Waals surface area contributed by atoms with Crippen molar-refractivity contribution in [1.82, 2.24) is 15.2 Å². The van der Waals surface area contributed by atoms with Gasteiger partial charge in [-0.3, -0.25) is 16.0 Å². The van der Waals surface area contributed by atoms with Gasteiger partial charge in [0.15, 0.2) is 0 Å². The second-order valence-corrected chi connectivity index (χ2v) is 4.48. The number of hydrazine groups is 1. The number of rotatable bonds is 7. The van der Waals surface area contributed by atoms with E-state index < -0.39 is 0 Å². The van der Waals surface area contributed by atoms with Crippen molar-refractivity contribution in [3.63, 3.8) is 0 Å². The molecule has 0 aliphatic carbocycles. The Kier molecular flexibility index (Phi) is 5.80. The molecule has 0 saturated heterocycles. The molecule has 0 aliphatic rings. The molecule has 0 bridgehead atoms. The van der Waals surface area contributed by atoms with Crippen LogP contribution < -0.4 is 11.3 Å². The van der Waals surface area contributed by atoms with Crippen molar-refractivity contribution in [3.8, 4) is 0 Å². The minimum absolute atomic E-state index is 0.0943. The van der Waals surface area contributed by atoms with E-state index >= 15 is 0 Å².